The molecular weight excluding hydrogens is 381 g/mol. The molecule has 2 nitrogen and oxygen atoms in total. The van der Waals surface area contributed by atoms with Gasteiger partial charge < -0.3 is 4.74 Å². The Bertz CT molecular complexity index is 353. The van der Waals surface area contributed by atoms with Gasteiger partial charge in [0.15, 0.2) is 5.75 Å². The minimum Gasteiger partial charge on any atom is -0.490 e. The summed E-state index contributed by atoms with van der Waals surface area (Å²) < 4.78 is 7.61. The third-order valence-electron chi connectivity index (χ3n) is 2.98. The first-order valence-corrected chi connectivity index (χ1v) is 7.58. The zero-order chi connectivity index (χ0) is 11.4. The van der Waals surface area contributed by atoms with Gasteiger partial charge in [0, 0.05) is 0 Å². The molecule has 16 heavy (non-hydrogen) atoms. The van der Waals surface area contributed by atoms with Gasteiger partial charge in [0.1, 0.15) is 8.30 Å². The fourth-order valence-electron chi connectivity index (χ4n) is 2.07. The molecule has 1 saturated carbocycles. The minimum absolute atomic E-state index is 0.736. The van der Waals surface area contributed by atoms with E-state index in [1.54, 1.807) is 0 Å². The molecule has 0 aromatic carbocycles. The molecule has 0 aliphatic heterocycles. The number of hydrogen-bond donors (Lipinski definition) is 0. The number of aromatic nitrogens is 1. The molecule has 1 aromatic rings. The van der Waals surface area contributed by atoms with Gasteiger partial charge in [0.05, 0.1) is 6.61 Å². The van der Waals surface area contributed by atoms with Crippen LogP contribution in [0.15, 0.2) is 16.7 Å². The zero-order valence-electron chi connectivity index (χ0n) is 9.09. The maximum Gasteiger partial charge on any atom is 0.152 e. The van der Waals surface area contributed by atoms with Gasteiger partial charge in [-0.3, -0.25) is 0 Å². The van der Waals surface area contributed by atoms with E-state index < -0.39 is 0 Å². The van der Waals surface area contributed by atoms with E-state index in [9.17, 15) is 0 Å². The number of rotatable bonds is 3. The highest BCUT2D eigenvalue weighted by Gasteiger charge is 2.14. The van der Waals surface area contributed by atoms with Gasteiger partial charge in [-0.2, -0.15) is 0 Å². The van der Waals surface area contributed by atoms with Crippen LogP contribution >= 0.6 is 38.5 Å². The van der Waals surface area contributed by atoms with Gasteiger partial charge in [-0.25, -0.2) is 4.98 Å². The molecule has 1 aliphatic rings. The van der Waals surface area contributed by atoms with Crippen LogP contribution in [0.5, 0.6) is 5.75 Å². The highest BCUT2D eigenvalue weighted by Crippen LogP contribution is 2.27. The molecule has 0 atom stereocenters. The summed E-state index contributed by atoms with van der Waals surface area (Å²) in [6, 6.07) is 3.96. The molecule has 0 bridgehead atoms. The van der Waals surface area contributed by atoms with Crippen molar-refractivity contribution in [1.82, 2.24) is 4.98 Å². The zero-order valence-corrected chi connectivity index (χ0v) is 12.8. The monoisotopic (exact) mass is 395 g/mol. The second kappa shape index (κ2) is 6.19. The fraction of sp³-hybridized carbons (Fsp3) is 0.583. The molecular formula is C12H15BrINO. The molecule has 4 heteroatoms. The molecule has 0 N–H and O–H groups in total. The lowest BCUT2D eigenvalue weighted by atomic mass is 9.90. The third kappa shape index (κ3) is 3.58. The molecule has 88 valence electrons. The van der Waals surface area contributed by atoms with Crippen LogP contribution in [0, 0.1) is 9.62 Å². The van der Waals surface area contributed by atoms with Crippen LogP contribution < -0.4 is 4.74 Å². The highest BCUT2D eigenvalue weighted by molar-refractivity contribution is 14.1. The summed E-state index contributed by atoms with van der Waals surface area (Å²) in [6.07, 6.45) is 6.75. The Morgan fingerprint density at radius 2 is 2.06 bits per heavy atom. The van der Waals surface area contributed by atoms with Crippen molar-refractivity contribution in [3.8, 4) is 5.75 Å². The van der Waals surface area contributed by atoms with Crippen LogP contribution in [0.4, 0.5) is 0 Å². The Morgan fingerprint density at radius 1 is 1.31 bits per heavy atom. The number of ether oxygens (including phenoxy) is 1. The normalized spacial score (nSPS) is 17.4. The lowest BCUT2D eigenvalue weighted by Gasteiger charge is -2.21. The summed E-state index contributed by atoms with van der Waals surface area (Å²) >= 11 is 5.63. The van der Waals surface area contributed by atoms with Crippen molar-refractivity contribution in [3.05, 3.63) is 20.4 Å². The standard InChI is InChI=1S/C12H15BrINO/c13-12-10(6-7-11(14)15-12)16-8-9-4-2-1-3-5-9/h6-7,9H,1-5,8H2. The Kier molecular flexibility index (Phi) is 4.88. The van der Waals surface area contributed by atoms with Crippen LogP contribution in [0.3, 0.4) is 0 Å². The molecule has 0 radical (unpaired) electrons. The van der Waals surface area contributed by atoms with E-state index in [0.29, 0.717) is 0 Å². The van der Waals surface area contributed by atoms with E-state index in [2.05, 4.69) is 43.5 Å². The maximum absolute atomic E-state index is 5.82. The van der Waals surface area contributed by atoms with Crippen molar-refractivity contribution in [2.24, 2.45) is 5.92 Å². The van der Waals surface area contributed by atoms with E-state index >= 15 is 0 Å². The van der Waals surface area contributed by atoms with Gasteiger partial charge in [0.2, 0.25) is 0 Å². The second-order valence-electron chi connectivity index (χ2n) is 4.24. The van der Waals surface area contributed by atoms with Crippen molar-refractivity contribution in [2.75, 3.05) is 6.61 Å². The first kappa shape index (κ1) is 12.6. The van der Waals surface area contributed by atoms with Crippen molar-refractivity contribution in [1.29, 1.82) is 0 Å². The summed E-state index contributed by atoms with van der Waals surface area (Å²) in [5.74, 6) is 1.60. The van der Waals surface area contributed by atoms with Crippen LogP contribution in [0.2, 0.25) is 0 Å². The van der Waals surface area contributed by atoms with Crippen LogP contribution in [-0.4, -0.2) is 11.6 Å². The van der Waals surface area contributed by atoms with Crippen molar-refractivity contribution in [3.63, 3.8) is 0 Å². The fourth-order valence-corrected chi connectivity index (χ4v) is 3.26. The van der Waals surface area contributed by atoms with E-state index in [0.717, 1.165) is 26.6 Å². The van der Waals surface area contributed by atoms with E-state index in [-0.39, 0.29) is 0 Å². The molecule has 0 unspecified atom stereocenters. The smallest absolute Gasteiger partial charge is 0.152 e. The predicted molar refractivity (Wildman–Crippen MR) is 76.7 cm³/mol. The summed E-state index contributed by atoms with van der Waals surface area (Å²) in [5.41, 5.74) is 0. The lowest BCUT2D eigenvalue weighted by molar-refractivity contribution is 0.207. The van der Waals surface area contributed by atoms with Gasteiger partial charge in [-0.05, 0) is 69.4 Å². The summed E-state index contributed by atoms with van der Waals surface area (Å²) in [4.78, 5) is 4.32. The molecule has 1 aliphatic carbocycles. The molecule has 0 spiro atoms. The van der Waals surface area contributed by atoms with Gasteiger partial charge in [0.25, 0.3) is 0 Å². The van der Waals surface area contributed by atoms with Gasteiger partial charge in [-0.1, -0.05) is 19.3 Å². The summed E-state index contributed by atoms with van der Waals surface area (Å²) in [7, 11) is 0. The van der Waals surface area contributed by atoms with Gasteiger partial charge >= 0.3 is 0 Å². The Balaban J connectivity index is 1.88. The van der Waals surface area contributed by atoms with E-state index in [4.69, 9.17) is 4.74 Å². The molecule has 0 saturated heterocycles. The minimum atomic E-state index is 0.736. The van der Waals surface area contributed by atoms with Crippen LogP contribution in [-0.2, 0) is 0 Å². The van der Waals surface area contributed by atoms with Crippen LogP contribution in [0.25, 0.3) is 0 Å². The van der Waals surface area contributed by atoms with E-state index in [1.807, 2.05) is 12.1 Å². The number of hydrogen-bond acceptors (Lipinski definition) is 2. The molecule has 1 heterocycles. The van der Waals surface area contributed by atoms with Crippen molar-refractivity contribution < 1.29 is 4.74 Å². The summed E-state index contributed by atoms with van der Waals surface area (Å²) in [6.45, 7) is 0.834. The number of nitrogens with zero attached hydrogens (tertiary/aromatic N) is 1. The quantitative estimate of drug-likeness (QED) is 0.558. The van der Waals surface area contributed by atoms with Crippen molar-refractivity contribution >= 4 is 38.5 Å². The lowest BCUT2D eigenvalue weighted by Crippen LogP contribution is -2.15. The second-order valence-corrected chi connectivity index (χ2v) is 6.09. The molecule has 2 rings (SSSR count). The Morgan fingerprint density at radius 3 is 2.75 bits per heavy atom. The average Bonchev–Trinajstić information content (AvgIpc) is 2.29. The Hall–Kier alpha value is 0.160. The largest absolute Gasteiger partial charge is 0.490 e. The maximum atomic E-state index is 5.82. The average molecular weight is 396 g/mol. The first-order chi connectivity index (χ1) is 7.75. The van der Waals surface area contributed by atoms with Crippen LogP contribution in [0.1, 0.15) is 32.1 Å². The van der Waals surface area contributed by atoms with Crippen molar-refractivity contribution in [2.45, 2.75) is 32.1 Å². The topological polar surface area (TPSA) is 22.1 Å². The Labute approximate surface area is 118 Å². The van der Waals surface area contributed by atoms with E-state index in [1.165, 1.54) is 32.1 Å². The highest BCUT2D eigenvalue weighted by atomic mass is 127. The molecule has 0 amide bonds. The molecule has 1 aromatic heterocycles. The number of pyridine rings is 1. The SMILES string of the molecule is Brc1nc(I)ccc1OCC1CCCCC1. The number of halogens is 2. The third-order valence-corrected chi connectivity index (χ3v) is 4.15. The predicted octanol–water partition coefficient (Wildman–Crippen LogP) is 4.41. The first-order valence-electron chi connectivity index (χ1n) is 5.70. The molecule has 1 fully saturated rings. The van der Waals surface area contributed by atoms with Gasteiger partial charge in [-0.15, -0.1) is 0 Å². The summed E-state index contributed by atoms with van der Waals surface area (Å²) in [5, 5.41) is 0.